The van der Waals surface area contributed by atoms with Crippen LogP contribution in [0.15, 0.2) is 12.2 Å². The number of hydrogen-bond donors (Lipinski definition) is 1. The molecule has 0 aromatic carbocycles. The molecule has 0 unspecified atom stereocenters. The molecule has 1 N–H and O–H groups in total. The SMILES string of the molecule is CC(C)(C)S[C@]12CC=CC[C@]1(O)C[C@H]1O[C@H]1C2. The lowest BCUT2D eigenvalue weighted by Crippen LogP contribution is -2.58. The van der Waals surface area contributed by atoms with E-state index in [1.165, 1.54) is 0 Å². The van der Waals surface area contributed by atoms with Crippen molar-refractivity contribution in [1.29, 1.82) is 0 Å². The van der Waals surface area contributed by atoms with Crippen molar-refractivity contribution in [2.45, 2.75) is 73.8 Å². The van der Waals surface area contributed by atoms with Gasteiger partial charge in [-0.3, -0.25) is 0 Å². The molecule has 0 amide bonds. The van der Waals surface area contributed by atoms with Gasteiger partial charge in [-0.25, -0.2) is 0 Å². The number of allylic oxidation sites excluding steroid dienone is 1. The van der Waals surface area contributed by atoms with Gasteiger partial charge in [-0.1, -0.05) is 32.9 Å². The predicted octanol–water partition coefficient (Wildman–Crippen LogP) is 2.90. The Bertz CT molecular complexity index is 360. The molecular weight excluding hydrogens is 232 g/mol. The van der Waals surface area contributed by atoms with E-state index in [2.05, 4.69) is 32.9 Å². The number of rotatable bonds is 1. The molecule has 17 heavy (non-hydrogen) atoms. The minimum absolute atomic E-state index is 0.0301. The molecule has 3 rings (SSSR count). The fourth-order valence-corrected chi connectivity index (χ4v) is 5.39. The van der Waals surface area contributed by atoms with E-state index < -0.39 is 5.60 Å². The number of hydrogen-bond acceptors (Lipinski definition) is 3. The number of epoxide rings is 1. The highest BCUT2D eigenvalue weighted by atomic mass is 32.2. The molecule has 0 aromatic rings. The van der Waals surface area contributed by atoms with Crippen molar-refractivity contribution in [3.05, 3.63) is 12.2 Å². The molecule has 0 radical (unpaired) electrons. The van der Waals surface area contributed by atoms with Crippen molar-refractivity contribution in [3.63, 3.8) is 0 Å². The summed E-state index contributed by atoms with van der Waals surface area (Å²) in [6, 6.07) is 0. The maximum absolute atomic E-state index is 11.0. The average molecular weight is 254 g/mol. The lowest BCUT2D eigenvalue weighted by atomic mass is 9.69. The van der Waals surface area contributed by atoms with E-state index in [1.54, 1.807) is 0 Å². The van der Waals surface area contributed by atoms with E-state index in [1.807, 2.05) is 11.8 Å². The van der Waals surface area contributed by atoms with Crippen LogP contribution in [-0.2, 0) is 4.74 Å². The topological polar surface area (TPSA) is 32.8 Å². The molecule has 1 aliphatic heterocycles. The quantitative estimate of drug-likeness (QED) is 0.577. The lowest BCUT2D eigenvalue weighted by molar-refractivity contribution is -0.0233. The Morgan fingerprint density at radius 1 is 1.18 bits per heavy atom. The van der Waals surface area contributed by atoms with Crippen molar-refractivity contribution in [2.24, 2.45) is 0 Å². The Balaban J connectivity index is 1.93. The first-order valence-electron chi connectivity index (χ1n) is 6.57. The summed E-state index contributed by atoms with van der Waals surface area (Å²) in [5.74, 6) is 0. The largest absolute Gasteiger partial charge is 0.388 e. The predicted molar refractivity (Wildman–Crippen MR) is 71.3 cm³/mol. The summed E-state index contributed by atoms with van der Waals surface area (Å²) in [6.07, 6.45) is 8.75. The molecule has 0 bridgehead atoms. The summed E-state index contributed by atoms with van der Waals surface area (Å²) in [4.78, 5) is 0. The third-order valence-electron chi connectivity index (χ3n) is 4.18. The molecule has 2 fully saturated rings. The first kappa shape index (κ1) is 12.1. The Kier molecular flexibility index (Phi) is 2.50. The normalized spacial score (nSPS) is 48.5. The van der Waals surface area contributed by atoms with Gasteiger partial charge in [0.05, 0.1) is 22.6 Å². The number of aliphatic hydroxyl groups is 1. The molecule has 1 heterocycles. The van der Waals surface area contributed by atoms with Crippen LogP contribution in [0.5, 0.6) is 0 Å². The highest BCUT2D eigenvalue weighted by molar-refractivity contribution is 8.02. The fourth-order valence-electron chi connectivity index (χ4n) is 3.43. The van der Waals surface area contributed by atoms with Crippen molar-refractivity contribution >= 4 is 11.8 Å². The van der Waals surface area contributed by atoms with E-state index in [0.29, 0.717) is 12.2 Å². The number of thioether (sulfide) groups is 1. The van der Waals surface area contributed by atoms with Crippen molar-refractivity contribution < 1.29 is 9.84 Å². The second-order valence-electron chi connectivity index (χ2n) is 6.74. The van der Waals surface area contributed by atoms with Gasteiger partial charge in [0.15, 0.2) is 0 Å². The maximum Gasteiger partial charge on any atom is 0.0870 e. The van der Waals surface area contributed by atoms with Gasteiger partial charge < -0.3 is 9.84 Å². The van der Waals surface area contributed by atoms with E-state index in [0.717, 1.165) is 25.7 Å². The standard InChI is InChI=1S/C14H22O2S/c1-12(2,3)17-14-7-5-4-6-13(14,15)8-10-11(9-14)16-10/h4-5,10-11,15H,6-9H2,1-3H3/t10-,11+,13+,14+/m1/s1. The smallest absolute Gasteiger partial charge is 0.0870 e. The molecular formula is C14H22O2S. The second kappa shape index (κ2) is 3.52. The molecule has 0 aromatic heterocycles. The number of fused-ring (bicyclic) bond motifs is 2. The molecule has 0 spiro atoms. The van der Waals surface area contributed by atoms with Gasteiger partial charge in [0.2, 0.25) is 0 Å². The van der Waals surface area contributed by atoms with Crippen molar-refractivity contribution in [2.75, 3.05) is 0 Å². The summed E-state index contributed by atoms with van der Waals surface area (Å²) in [5, 5.41) is 11.0. The van der Waals surface area contributed by atoms with Gasteiger partial charge in [-0.2, -0.15) is 0 Å². The van der Waals surface area contributed by atoms with E-state index >= 15 is 0 Å². The van der Waals surface area contributed by atoms with Crippen LogP contribution in [-0.4, -0.2) is 32.4 Å². The minimum atomic E-state index is -0.558. The van der Waals surface area contributed by atoms with Gasteiger partial charge >= 0.3 is 0 Å². The zero-order chi connectivity index (χ0) is 12.3. The van der Waals surface area contributed by atoms with Gasteiger partial charge in [-0.05, 0) is 19.3 Å². The molecule has 1 saturated carbocycles. The van der Waals surface area contributed by atoms with Crippen LogP contribution in [0.25, 0.3) is 0 Å². The van der Waals surface area contributed by atoms with Gasteiger partial charge in [-0.15, -0.1) is 11.8 Å². The van der Waals surface area contributed by atoms with Crippen molar-refractivity contribution in [3.8, 4) is 0 Å². The van der Waals surface area contributed by atoms with E-state index in [-0.39, 0.29) is 9.49 Å². The van der Waals surface area contributed by atoms with Crippen LogP contribution in [0.4, 0.5) is 0 Å². The zero-order valence-electron chi connectivity index (χ0n) is 10.9. The van der Waals surface area contributed by atoms with Crippen LogP contribution >= 0.6 is 11.8 Å². The third-order valence-corrected chi connectivity index (χ3v) is 5.89. The molecule has 96 valence electrons. The highest BCUT2D eigenvalue weighted by Gasteiger charge is 2.63. The first-order valence-corrected chi connectivity index (χ1v) is 7.38. The lowest BCUT2D eigenvalue weighted by Gasteiger charge is -2.52. The van der Waals surface area contributed by atoms with Crippen LogP contribution in [0.3, 0.4) is 0 Å². The van der Waals surface area contributed by atoms with Crippen molar-refractivity contribution in [1.82, 2.24) is 0 Å². The van der Waals surface area contributed by atoms with E-state index in [4.69, 9.17) is 4.74 Å². The summed E-state index contributed by atoms with van der Waals surface area (Å²) >= 11 is 1.96. The van der Waals surface area contributed by atoms with Gasteiger partial charge in [0.1, 0.15) is 0 Å². The minimum Gasteiger partial charge on any atom is -0.388 e. The summed E-state index contributed by atoms with van der Waals surface area (Å²) in [6.45, 7) is 6.72. The van der Waals surface area contributed by atoms with Crippen LogP contribution < -0.4 is 0 Å². The van der Waals surface area contributed by atoms with Gasteiger partial charge in [0, 0.05) is 11.2 Å². The molecule has 1 saturated heterocycles. The van der Waals surface area contributed by atoms with Crippen LogP contribution in [0.1, 0.15) is 46.5 Å². The Labute approximate surface area is 108 Å². The van der Waals surface area contributed by atoms with E-state index in [9.17, 15) is 5.11 Å². The fraction of sp³-hybridized carbons (Fsp3) is 0.857. The molecule has 2 aliphatic carbocycles. The summed E-state index contributed by atoms with van der Waals surface area (Å²) < 4.78 is 5.82. The van der Waals surface area contributed by atoms with Crippen LogP contribution in [0, 0.1) is 0 Å². The Morgan fingerprint density at radius 2 is 1.82 bits per heavy atom. The first-order chi connectivity index (χ1) is 7.84. The van der Waals surface area contributed by atoms with Crippen LogP contribution in [0.2, 0.25) is 0 Å². The number of ether oxygens (including phenoxy) is 1. The average Bonchev–Trinajstić information content (AvgIpc) is 2.87. The molecule has 3 heteroatoms. The monoisotopic (exact) mass is 254 g/mol. The highest BCUT2D eigenvalue weighted by Crippen LogP contribution is 2.60. The third kappa shape index (κ3) is 1.96. The molecule has 4 atom stereocenters. The zero-order valence-corrected chi connectivity index (χ0v) is 11.7. The maximum atomic E-state index is 11.0. The Morgan fingerprint density at radius 3 is 2.53 bits per heavy atom. The summed E-state index contributed by atoms with van der Waals surface area (Å²) in [7, 11) is 0. The van der Waals surface area contributed by atoms with Gasteiger partial charge in [0.25, 0.3) is 0 Å². The second-order valence-corrected chi connectivity index (χ2v) is 8.95. The molecule has 3 aliphatic rings. The Hall–Kier alpha value is 0.01000. The molecule has 2 nitrogen and oxygen atoms in total. The summed E-state index contributed by atoms with van der Waals surface area (Å²) in [5.41, 5.74) is -0.558.